The van der Waals surface area contributed by atoms with Crippen molar-refractivity contribution < 1.29 is 13.6 Å². The third-order valence-corrected chi connectivity index (χ3v) is 2.25. The quantitative estimate of drug-likeness (QED) is 0.755. The van der Waals surface area contributed by atoms with Crippen LogP contribution in [0.25, 0.3) is 0 Å². The second kappa shape index (κ2) is 4.87. The summed E-state index contributed by atoms with van der Waals surface area (Å²) in [6, 6.07) is 6.98. The van der Waals surface area contributed by atoms with Crippen LogP contribution in [0.1, 0.15) is 12.5 Å². The minimum Gasteiger partial charge on any atom is -0.311 e. The molecule has 0 bridgehead atoms. The van der Waals surface area contributed by atoms with Gasteiger partial charge in [-0.1, -0.05) is 19.1 Å². The average molecular weight is 213 g/mol. The maximum atomic E-state index is 12.1. The van der Waals surface area contributed by atoms with E-state index in [1.54, 1.807) is 12.1 Å². The van der Waals surface area contributed by atoms with Crippen molar-refractivity contribution >= 4 is 11.6 Å². The highest BCUT2D eigenvalue weighted by Crippen LogP contribution is 2.15. The van der Waals surface area contributed by atoms with Crippen LogP contribution in [0.15, 0.2) is 24.3 Å². The zero-order chi connectivity index (χ0) is 11.4. The summed E-state index contributed by atoms with van der Waals surface area (Å²) in [4.78, 5) is 11.9. The molecule has 0 saturated heterocycles. The molecular formula is C11H13F2NO. The molecule has 0 fully saturated rings. The Morgan fingerprint density at radius 1 is 1.33 bits per heavy atom. The number of carbonyl (C=O) groups is 1. The largest absolute Gasteiger partial charge is 0.316 e. The molecular weight excluding hydrogens is 200 g/mol. The molecule has 0 heterocycles. The fourth-order valence-electron chi connectivity index (χ4n) is 1.23. The van der Waals surface area contributed by atoms with Gasteiger partial charge >= 0.3 is 6.43 Å². The molecule has 0 spiro atoms. The third-order valence-electron chi connectivity index (χ3n) is 2.25. The number of amides is 1. The SMILES string of the molecule is CCc1ccc(N(C)C(=O)C(F)F)cc1. The normalized spacial score (nSPS) is 10.5. The van der Waals surface area contributed by atoms with Crippen molar-refractivity contribution in [2.24, 2.45) is 0 Å². The molecule has 82 valence electrons. The first kappa shape index (κ1) is 11.6. The molecule has 0 aliphatic heterocycles. The van der Waals surface area contributed by atoms with Gasteiger partial charge < -0.3 is 4.90 Å². The predicted molar refractivity (Wildman–Crippen MR) is 55.2 cm³/mol. The Labute approximate surface area is 87.5 Å². The first-order valence-corrected chi connectivity index (χ1v) is 4.71. The van der Waals surface area contributed by atoms with E-state index in [2.05, 4.69) is 0 Å². The summed E-state index contributed by atoms with van der Waals surface area (Å²) in [6.45, 7) is 2.00. The lowest BCUT2D eigenvalue weighted by molar-refractivity contribution is -0.128. The van der Waals surface area contributed by atoms with Crippen LogP contribution in [0, 0.1) is 0 Å². The van der Waals surface area contributed by atoms with Crippen molar-refractivity contribution in [2.75, 3.05) is 11.9 Å². The summed E-state index contributed by atoms with van der Waals surface area (Å²) in [5, 5.41) is 0. The minimum absolute atomic E-state index is 0.484. The van der Waals surface area contributed by atoms with E-state index < -0.39 is 12.3 Å². The van der Waals surface area contributed by atoms with Gasteiger partial charge in [0.05, 0.1) is 0 Å². The maximum absolute atomic E-state index is 12.1. The lowest BCUT2D eigenvalue weighted by Gasteiger charge is -2.16. The highest BCUT2D eigenvalue weighted by molar-refractivity contribution is 5.94. The summed E-state index contributed by atoms with van der Waals surface area (Å²) in [5.74, 6) is -1.18. The van der Waals surface area contributed by atoms with E-state index in [9.17, 15) is 13.6 Å². The number of nitrogens with zero attached hydrogens (tertiary/aromatic N) is 1. The molecule has 0 radical (unpaired) electrons. The predicted octanol–water partition coefficient (Wildman–Crippen LogP) is 2.48. The van der Waals surface area contributed by atoms with Crippen molar-refractivity contribution in [3.05, 3.63) is 29.8 Å². The first-order chi connectivity index (χ1) is 7.06. The van der Waals surface area contributed by atoms with Gasteiger partial charge in [0.1, 0.15) is 0 Å². The topological polar surface area (TPSA) is 20.3 Å². The van der Waals surface area contributed by atoms with E-state index in [4.69, 9.17) is 0 Å². The molecule has 0 atom stereocenters. The van der Waals surface area contributed by atoms with Crippen molar-refractivity contribution in [2.45, 2.75) is 19.8 Å². The fourth-order valence-corrected chi connectivity index (χ4v) is 1.23. The Bertz CT molecular complexity index is 335. The summed E-state index contributed by atoms with van der Waals surface area (Å²) in [6.07, 6.45) is -2.08. The van der Waals surface area contributed by atoms with E-state index in [-0.39, 0.29) is 0 Å². The van der Waals surface area contributed by atoms with Crippen LogP contribution in [0.2, 0.25) is 0 Å². The second-order valence-corrected chi connectivity index (χ2v) is 3.22. The number of hydrogen-bond acceptors (Lipinski definition) is 1. The Balaban J connectivity index is 2.82. The van der Waals surface area contributed by atoms with Crippen LogP contribution < -0.4 is 4.90 Å². The van der Waals surface area contributed by atoms with Crippen molar-refractivity contribution in [1.29, 1.82) is 0 Å². The van der Waals surface area contributed by atoms with Crippen LogP contribution in [0.4, 0.5) is 14.5 Å². The van der Waals surface area contributed by atoms with Gasteiger partial charge in [-0.2, -0.15) is 8.78 Å². The van der Waals surface area contributed by atoms with Crippen molar-refractivity contribution in [3.8, 4) is 0 Å². The number of aryl methyl sites for hydroxylation is 1. The molecule has 0 aromatic heterocycles. The molecule has 1 rings (SSSR count). The smallest absolute Gasteiger partial charge is 0.311 e. The van der Waals surface area contributed by atoms with Gasteiger partial charge in [-0.05, 0) is 24.1 Å². The highest BCUT2D eigenvalue weighted by atomic mass is 19.3. The van der Waals surface area contributed by atoms with Crippen molar-refractivity contribution in [1.82, 2.24) is 0 Å². The van der Waals surface area contributed by atoms with Crippen LogP contribution in [-0.4, -0.2) is 19.4 Å². The van der Waals surface area contributed by atoms with E-state index in [0.717, 1.165) is 16.9 Å². The van der Waals surface area contributed by atoms with Crippen LogP contribution in [0.5, 0.6) is 0 Å². The number of anilines is 1. The maximum Gasteiger partial charge on any atom is 0.316 e. The fraction of sp³-hybridized carbons (Fsp3) is 0.364. The molecule has 0 saturated carbocycles. The minimum atomic E-state index is -2.96. The third kappa shape index (κ3) is 2.75. The van der Waals surface area contributed by atoms with Gasteiger partial charge in [-0.3, -0.25) is 4.79 Å². The van der Waals surface area contributed by atoms with Crippen LogP contribution in [-0.2, 0) is 11.2 Å². The Morgan fingerprint density at radius 3 is 2.27 bits per heavy atom. The molecule has 0 N–H and O–H groups in total. The Morgan fingerprint density at radius 2 is 1.87 bits per heavy atom. The summed E-state index contributed by atoms with van der Waals surface area (Å²) < 4.78 is 24.2. The van der Waals surface area contributed by atoms with Crippen LogP contribution in [0.3, 0.4) is 0 Å². The van der Waals surface area contributed by atoms with E-state index >= 15 is 0 Å². The molecule has 0 unspecified atom stereocenters. The van der Waals surface area contributed by atoms with Crippen LogP contribution >= 0.6 is 0 Å². The molecule has 0 aliphatic rings. The number of benzene rings is 1. The molecule has 4 heteroatoms. The lowest BCUT2D eigenvalue weighted by atomic mass is 10.1. The van der Waals surface area contributed by atoms with E-state index in [1.807, 2.05) is 19.1 Å². The second-order valence-electron chi connectivity index (χ2n) is 3.22. The molecule has 15 heavy (non-hydrogen) atoms. The molecule has 1 amide bonds. The zero-order valence-corrected chi connectivity index (χ0v) is 8.71. The Hall–Kier alpha value is -1.45. The summed E-state index contributed by atoms with van der Waals surface area (Å²) in [7, 11) is 1.34. The number of rotatable bonds is 3. The molecule has 1 aromatic carbocycles. The van der Waals surface area contributed by atoms with Gasteiger partial charge in [0.15, 0.2) is 0 Å². The van der Waals surface area contributed by atoms with Gasteiger partial charge in [0, 0.05) is 12.7 Å². The first-order valence-electron chi connectivity index (χ1n) is 4.71. The monoisotopic (exact) mass is 213 g/mol. The molecule has 0 aliphatic carbocycles. The van der Waals surface area contributed by atoms with Gasteiger partial charge in [-0.15, -0.1) is 0 Å². The zero-order valence-electron chi connectivity index (χ0n) is 8.71. The van der Waals surface area contributed by atoms with Gasteiger partial charge in [-0.25, -0.2) is 0 Å². The van der Waals surface area contributed by atoms with Gasteiger partial charge in [0.25, 0.3) is 5.91 Å². The van der Waals surface area contributed by atoms with E-state index in [0.29, 0.717) is 5.69 Å². The van der Waals surface area contributed by atoms with Gasteiger partial charge in [0.2, 0.25) is 0 Å². The highest BCUT2D eigenvalue weighted by Gasteiger charge is 2.20. The number of alkyl halides is 2. The number of carbonyl (C=O) groups excluding carboxylic acids is 1. The molecule has 1 aromatic rings. The molecule has 2 nitrogen and oxygen atoms in total. The lowest BCUT2D eigenvalue weighted by Crippen LogP contribution is -2.31. The number of halogens is 2. The average Bonchev–Trinajstić information content (AvgIpc) is 2.27. The number of hydrogen-bond donors (Lipinski definition) is 0. The summed E-state index contributed by atoms with van der Waals surface area (Å²) in [5.41, 5.74) is 1.59. The summed E-state index contributed by atoms with van der Waals surface area (Å²) >= 11 is 0. The van der Waals surface area contributed by atoms with E-state index in [1.165, 1.54) is 7.05 Å². The van der Waals surface area contributed by atoms with Crippen molar-refractivity contribution in [3.63, 3.8) is 0 Å². The standard InChI is InChI=1S/C11H13F2NO/c1-3-8-4-6-9(7-5-8)14(2)11(15)10(12)13/h4-7,10H,3H2,1-2H3. The Kier molecular flexibility index (Phi) is 3.77.